The van der Waals surface area contributed by atoms with Crippen molar-refractivity contribution < 1.29 is 22.7 Å². The third-order valence-electron chi connectivity index (χ3n) is 3.19. The molecule has 1 aromatic carbocycles. The minimum atomic E-state index is -4.75. The van der Waals surface area contributed by atoms with Gasteiger partial charge in [0.25, 0.3) is 0 Å². The summed E-state index contributed by atoms with van der Waals surface area (Å²) in [6.07, 6.45) is -4.43. The Bertz CT molecular complexity index is 716. The Morgan fingerprint density at radius 1 is 1.35 bits per heavy atom. The van der Waals surface area contributed by atoms with Crippen molar-refractivity contribution in [2.24, 2.45) is 0 Å². The quantitative estimate of drug-likeness (QED) is 0.799. The van der Waals surface area contributed by atoms with Gasteiger partial charge in [-0.15, -0.1) is 18.3 Å². The molecule has 7 nitrogen and oxygen atoms in total. The van der Waals surface area contributed by atoms with Crippen LogP contribution in [-0.4, -0.2) is 34.0 Å². The maximum Gasteiger partial charge on any atom is 0.573 e. The second-order valence-electron chi connectivity index (χ2n) is 4.95. The van der Waals surface area contributed by atoms with Gasteiger partial charge in [0.1, 0.15) is 11.6 Å². The molecular weight excluding hydrogens is 315 g/mol. The molecule has 3 rings (SSSR count). The van der Waals surface area contributed by atoms with Crippen LogP contribution < -0.4 is 15.4 Å². The summed E-state index contributed by atoms with van der Waals surface area (Å²) in [6, 6.07) is 5.35. The summed E-state index contributed by atoms with van der Waals surface area (Å²) in [5.74, 6) is 0.240. The molecule has 0 bridgehead atoms. The molecule has 1 atom stereocenters. The summed E-state index contributed by atoms with van der Waals surface area (Å²) in [6.45, 7) is 0.475. The molecule has 1 unspecified atom stereocenters. The van der Waals surface area contributed by atoms with Crippen molar-refractivity contribution in [2.45, 2.75) is 18.7 Å². The molecule has 0 saturated carbocycles. The van der Waals surface area contributed by atoms with Crippen LogP contribution in [-0.2, 0) is 4.79 Å². The Labute approximate surface area is 128 Å². The number of carbonyl (C=O) groups excluding carboxylic acids is 1. The smallest absolute Gasteiger partial charge is 0.406 e. The van der Waals surface area contributed by atoms with Gasteiger partial charge in [0.05, 0.1) is 0 Å². The van der Waals surface area contributed by atoms with Crippen molar-refractivity contribution in [2.75, 3.05) is 11.9 Å². The molecular formula is C13H12F3N5O2. The summed E-state index contributed by atoms with van der Waals surface area (Å²) in [4.78, 5) is 15.4. The fourth-order valence-corrected chi connectivity index (χ4v) is 2.21. The summed E-state index contributed by atoms with van der Waals surface area (Å²) in [5, 5.41) is 12.1. The number of halogens is 3. The predicted octanol–water partition coefficient (Wildman–Crippen LogP) is 2.05. The van der Waals surface area contributed by atoms with Crippen LogP contribution in [0.4, 0.5) is 24.8 Å². The monoisotopic (exact) mass is 327 g/mol. The molecule has 2 aromatic rings. The number of ether oxygens (including phenoxy) is 1. The van der Waals surface area contributed by atoms with Gasteiger partial charge in [-0.2, -0.15) is 4.98 Å². The molecule has 10 heteroatoms. The number of aromatic nitrogens is 3. The van der Waals surface area contributed by atoms with Crippen molar-refractivity contribution in [3.05, 3.63) is 30.1 Å². The molecule has 0 radical (unpaired) electrons. The van der Waals surface area contributed by atoms with Crippen molar-refractivity contribution >= 4 is 17.5 Å². The second-order valence-corrected chi connectivity index (χ2v) is 4.95. The van der Waals surface area contributed by atoms with Crippen LogP contribution in [0.25, 0.3) is 0 Å². The van der Waals surface area contributed by atoms with Gasteiger partial charge in [-0.3, -0.25) is 9.89 Å². The SMILES string of the molecule is O=C1CC(c2nc(Nc3cccc(OC(F)(F)F)c3)n[nH]2)CN1. The van der Waals surface area contributed by atoms with Crippen LogP contribution in [0.5, 0.6) is 5.75 Å². The maximum absolute atomic E-state index is 12.2. The standard InChI is InChI=1S/C13H12F3N5O2/c14-13(15,16)23-9-3-1-2-8(5-9)18-12-19-11(20-21-12)7-4-10(22)17-6-7/h1-3,5,7H,4,6H2,(H,17,22)(H2,18,19,20,21). The first-order valence-electron chi connectivity index (χ1n) is 6.71. The van der Waals surface area contributed by atoms with E-state index in [1.807, 2.05) is 0 Å². The molecule has 3 N–H and O–H groups in total. The van der Waals surface area contributed by atoms with E-state index in [9.17, 15) is 18.0 Å². The Morgan fingerprint density at radius 3 is 2.87 bits per heavy atom. The number of aromatic amines is 1. The second kappa shape index (κ2) is 5.78. The third-order valence-corrected chi connectivity index (χ3v) is 3.19. The Hall–Kier alpha value is -2.78. The van der Waals surface area contributed by atoms with Crippen LogP contribution in [0.1, 0.15) is 18.2 Å². The van der Waals surface area contributed by atoms with Crippen molar-refractivity contribution in [1.82, 2.24) is 20.5 Å². The molecule has 1 aliphatic heterocycles. The lowest BCUT2D eigenvalue weighted by molar-refractivity contribution is -0.274. The van der Waals surface area contributed by atoms with Crippen molar-refractivity contribution in [1.29, 1.82) is 0 Å². The lowest BCUT2D eigenvalue weighted by atomic mass is 10.1. The normalized spacial score (nSPS) is 17.9. The Balaban J connectivity index is 1.69. The maximum atomic E-state index is 12.2. The Kier molecular flexibility index (Phi) is 3.80. The molecule has 1 aromatic heterocycles. The highest BCUT2D eigenvalue weighted by Crippen LogP contribution is 2.26. The van der Waals surface area contributed by atoms with E-state index < -0.39 is 6.36 Å². The zero-order valence-corrected chi connectivity index (χ0v) is 11.6. The van der Waals surface area contributed by atoms with Crippen molar-refractivity contribution in [3.63, 3.8) is 0 Å². The highest BCUT2D eigenvalue weighted by molar-refractivity contribution is 5.79. The first-order valence-corrected chi connectivity index (χ1v) is 6.71. The number of benzene rings is 1. The van der Waals surface area contributed by atoms with Gasteiger partial charge >= 0.3 is 6.36 Å². The van der Waals surface area contributed by atoms with Crippen LogP contribution >= 0.6 is 0 Å². The molecule has 122 valence electrons. The highest BCUT2D eigenvalue weighted by Gasteiger charge is 2.31. The van der Waals surface area contributed by atoms with E-state index >= 15 is 0 Å². The van der Waals surface area contributed by atoms with E-state index in [-0.39, 0.29) is 23.5 Å². The van der Waals surface area contributed by atoms with Crippen LogP contribution in [0.2, 0.25) is 0 Å². The number of amides is 1. The van der Waals surface area contributed by atoms with Gasteiger partial charge in [-0.25, -0.2) is 0 Å². The molecule has 1 aliphatic rings. The molecule has 23 heavy (non-hydrogen) atoms. The number of rotatable bonds is 4. The fraction of sp³-hybridized carbons (Fsp3) is 0.308. The molecule has 1 fully saturated rings. The van der Waals surface area contributed by atoms with Crippen LogP contribution in [0.15, 0.2) is 24.3 Å². The largest absolute Gasteiger partial charge is 0.573 e. The number of carbonyl (C=O) groups is 1. The summed E-state index contributed by atoms with van der Waals surface area (Å²) in [7, 11) is 0. The summed E-state index contributed by atoms with van der Waals surface area (Å²) >= 11 is 0. The van der Waals surface area contributed by atoms with E-state index in [0.29, 0.717) is 24.5 Å². The molecule has 1 saturated heterocycles. The van der Waals surface area contributed by atoms with E-state index in [1.54, 1.807) is 6.07 Å². The number of anilines is 2. The average molecular weight is 327 g/mol. The minimum Gasteiger partial charge on any atom is -0.406 e. The van der Waals surface area contributed by atoms with Crippen LogP contribution in [0.3, 0.4) is 0 Å². The van der Waals surface area contributed by atoms with Gasteiger partial charge in [0, 0.05) is 30.6 Å². The van der Waals surface area contributed by atoms with Gasteiger partial charge in [-0.1, -0.05) is 6.07 Å². The van der Waals surface area contributed by atoms with Gasteiger partial charge in [0.15, 0.2) is 0 Å². The molecule has 0 spiro atoms. The number of hydrogen-bond acceptors (Lipinski definition) is 5. The van der Waals surface area contributed by atoms with E-state index in [1.165, 1.54) is 18.2 Å². The minimum absolute atomic E-state index is 0.0575. The molecule has 1 amide bonds. The number of nitrogens with one attached hydrogen (secondary N) is 3. The first-order chi connectivity index (χ1) is 10.9. The third kappa shape index (κ3) is 3.90. The lowest BCUT2D eigenvalue weighted by Crippen LogP contribution is -2.17. The van der Waals surface area contributed by atoms with Crippen LogP contribution in [0, 0.1) is 0 Å². The first kappa shape index (κ1) is 15.1. The summed E-state index contributed by atoms with van der Waals surface area (Å²) in [5.41, 5.74) is 0.345. The topological polar surface area (TPSA) is 91.9 Å². The van der Waals surface area contributed by atoms with E-state index in [2.05, 4.69) is 30.6 Å². The van der Waals surface area contributed by atoms with Gasteiger partial charge in [0.2, 0.25) is 11.9 Å². The molecule has 2 heterocycles. The highest BCUT2D eigenvalue weighted by atomic mass is 19.4. The zero-order chi connectivity index (χ0) is 16.4. The number of alkyl halides is 3. The molecule has 0 aliphatic carbocycles. The van der Waals surface area contributed by atoms with Gasteiger partial charge < -0.3 is 15.4 Å². The Morgan fingerprint density at radius 2 is 2.17 bits per heavy atom. The average Bonchev–Trinajstić information content (AvgIpc) is 3.06. The fourth-order valence-electron chi connectivity index (χ4n) is 2.21. The van der Waals surface area contributed by atoms with Gasteiger partial charge in [-0.05, 0) is 12.1 Å². The number of hydrogen-bond donors (Lipinski definition) is 3. The zero-order valence-electron chi connectivity index (χ0n) is 11.6. The summed E-state index contributed by atoms with van der Waals surface area (Å²) < 4.78 is 40.4. The lowest BCUT2D eigenvalue weighted by Gasteiger charge is -2.10. The van der Waals surface area contributed by atoms with E-state index in [0.717, 1.165) is 0 Å². The number of nitrogens with zero attached hydrogens (tertiary/aromatic N) is 2. The van der Waals surface area contributed by atoms with Crippen molar-refractivity contribution in [3.8, 4) is 5.75 Å². The predicted molar refractivity (Wildman–Crippen MR) is 73.2 cm³/mol. The number of H-pyrrole nitrogens is 1. The van der Waals surface area contributed by atoms with E-state index in [4.69, 9.17) is 0 Å².